The molecule has 21 heavy (non-hydrogen) atoms. The zero-order valence-electron chi connectivity index (χ0n) is 12.5. The molecule has 0 aliphatic heterocycles. The van der Waals surface area contributed by atoms with E-state index >= 15 is 0 Å². The highest BCUT2D eigenvalue weighted by Crippen LogP contribution is 2.26. The van der Waals surface area contributed by atoms with Crippen molar-refractivity contribution in [3.63, 3.8) is 0 Å². The van der Waals surface area contributed by atoms with Crippen molar-refractivity contribution in [2.45, 2.75) is 20.8 Å². The second-order valence-electron chi connectivity index (χ2n) is 5.43. The van der Waals surface area contributed by atoms with Crippen LogP contribution in [0, 0.1) is 20.8 Å². The fraction of sp³-hybridized carbons (Fsp3) is 0.167. The molecule has 0 aliphatic carbocycles. The van der Waals surface area contributed by atoms with E-state index in [2.05, 4.69) is 25.9 Å². The van der Waals surface area contributed by atoms with Gasteiger partial charge in [0, 0.05) is 11.6 Å². The van der Waals surface area contributed by atoms with Crippen LogP contribution in [0.2, 0.25) is 0 Å². The third kappa shape index (κ3) is 2.55. The summed E-state index contributed by atoms with van der Waals surface area (Å²) in [5.74, 6) is 0.147. The van der Waals surface area contributed by atoms with E-state index in [1.54, 1.807) is 10.7 Å². The second kappa shape index (κ2) is 5.09. The van der Waals surface area contributed by atoms with Crippen LogP contribution in [-0.2, 0) is 0 Å². The number of rotatable bonds is 2. The molecule has 0 amide bonds. The third-order valence-electron chi connectivity index (χ3n) is 3.77. The number of benzene rings is 2. The fourth-order valence-corrected chi connectivity index (χ4v) is 2.28. The zero-order valence-corrected chi connectivity index (χ0v) is 12.5. The first kappa shape index (κ1) is 13.4. The lowest BCUT2D eigenvalue weighted by Crippen LogP contribution is -1.97. The molecule has 0 radical (unpaired) electrons. The predicted molar refractivity (Wildman–Crippen MR) is 84.9 cm³/mol. The molecule has 0 aliphatic rings. The summed E-state index contributed by atoms with van der Waals surface area (Å²) >= 11 is 0. The van der Waals surface area contributed by atoms with Crippen LogP contribution in [0.5, 0.6) is 5.88 Å². The van der Waals surface area contributed by atoms with Crippen molar-refractivity contribution >= 4 is 0 Å². The van der Waals surface area contributed by atoms with Crippen molar-refractivity contribution in [2.24, 2.45) is 0 Å². The molecule has 1 aromatic heterocycles. The maximum atomic E-state index is 10.2. The van der Waals surface area contributed by atoms with Crippen molar-refractivity contribution in [1.82, 2.24) is 9.78 Å². The molecule has 0 saturated heterocycles. The fourth-order valence-electron chi connectivity index (χ4n) is 2.28. The number of aromatic hydroxyl groups is 1. The average molecular weight is 278 g/mol. The smallest absolute Gasteiger partial charge is 0.214 e. The molecule has 1 N–H and O–H groups in total. The van der Waals surface area contributed by atoms with Crippen molar-refractivity contribution < 1.29 is 5.11 Å². The average Bonchev–Trinajstić information content (AvgIpc) is 2.85. The van der Waals surface area contributed by atoms with Crippen LogP contribution in [0.1, 0.15) is 16.7 Å². The first-order chi connectivity index (χ1) is 10.0. The van der Waals surface area contributed by atoms with Crippen LogP contribution in [0.25, 0.3) is 16.9 Å². The minimum absolute atomic E-state index is 0.147. The molecule has 0 unspecified atom stereocenters. The maximum Gasteiger partial charge on any atom is 0.214 e. The van der Waals surface area contributed by atoms with Gasteiger partial charge in [0.1, 0.15) is 0 Å². The van der Waals surface area contributed by atoms with E-state index < -0.39 is 0 Å². The second-order valence-corrected chi connectivity index (χ2v) is 5.43. The van der Waals surface area contributed by atoms with E-state index in [4.69, 9.17) is 0 Å². The molecule has 3 aromatic rings. The summed E-state index contributed by atoms with van der Waals surface area (Å²) in [6, 6.07) is 15.8. The Morgan fingerprint density at radius 2 is 1.57 bits per heavy atom. The Hall–Kier alpha value is -2.55. The van der Waals surface area contributed by atoms with Gasteiger partial charge in [0.25, 0.3) is 0 Å². The van der Waals surface area contributed by atoms with Gasteiger partial charge in [-0.05, 0) is 44.0 Å². The van der Waals surface area contributed by atoms with E-state index in [-0.39, 0.29) is 5.88 Å². The van der Waals surface area contributed by atoms with Gasteiger partial charge in [-0.2, -0.15) is 5.10 Å². The van der Waals surface area contributed by atoms with Crippen LogP contribution >= 0.6 is 0 Å². The van der Waals surface area contributed by atoms with E-state index in [9.17, 15) is 5.11 Å². The highest BCUT2D eigenvalue weighted by atomic mass is 16.3. The number of hydrogen-bond donors (Lipinski definition) is 1. The first-order valence-electron chi connectivity index (χ1n) is 6.98. The van der Waals surface area contributed by atoms with Gasteiger partial charge in [-0.1, -0.05) is 35.9 Å². The van der Waals surface area contributed by atoms with Crippen molar-refractivity contribution in [3.8, 4) is 22.8 Å². The molecule has 0 saturated carbocycles. The van der Waals surface area contributed by atoms with Gasteiger partial charge in [-0.3, -0.25) is 0 Å². The van der Waals surface area contributed by atoms with E-state index in [1.807, 2.05) is 42.5 Å². The predicted octanol–water partition coefficient (Wildman–Crippen LogP) is 4.17. The molecule has 0 fully saturated rings. The van der Waals surface area contributed by atoms with E-state index in [0.29, 0.717) is 0 Å². The highest BCUT2D eigenvalue weighted by molar-refractivity contribution is 5.61. The van der Waals surface area contributed by atoms with Gasteiger partial charge in [0.05, 0.1) is 11.4 Å². The van der Waals surface area contributed by atoms with E-state index in [1.165, 1.54) is 16.7 Å². The molecule has 2 aromatic carbocycles. The normalized spacial score (nSPS) is 10.8. The molecule has 0 bridgehead atoms. The molecule has 0 atom stereocenters. The lowest BCUT2D eigenvalue weighted by atomic mass is 10.1. The van der Waals surface area contributed by atoms with Gasteiger partial charge in [-0.25, -0.2) is 4.68 Å². The Morgan fingerprint density at radius 3 is 2.24 bits per heavy atom. The molecule has 3 rings (SSSR count). The Kier molecular flexibility index (Phi) is 3.26. The Balaban J connectivity index is 2.05. The third-order valence-corrected chi connectivity index (χ3v) is 3.77. The van der Waals surface area contributed by atoms with Crippen molar-refractivity contribution in [3.05, 3.63) is 65.2 Å². The molecule has 0 spiro atoms. The van der Waals surface area contributed by atoms with Crippen molar-refractivity contribution in [1.29, 1.82) is 0 Å². The zero-order chi connectivity index (χ0) is 15.0. The number of nitrogens with zero attached hydrogens (tertiary/aromatic N) is 2. The monoisotopic (exact) mass is 278 g/mol. The summed E-state index contributed by atoms with van der Waals surface area (Å²) in [6.45, 7) is 6.18. The van der Waals surface area contributed by atoms with E-state index in [0.717, 1.165) is 16.9 Å². The molecular weight excluding hydrogens is 260 g/mol. The lowest BCUT2D eigenvalue weighted by Gasteiger charge is -2.06. The van der Waals surface area contributed by atoms with Crippen LogP contribution in [0.4, 0.5) is 0 Å². The summed E-state index contributed by atoms with van der Waals surface area (Å²) in [5.41, 5.74) is 6.25. The molecule has 3 heteroatoms. The van der Waals surface area contributed by atoms with Crippen LogP contribution in [-0.4, -0.2) is 14.9 Å². The summed E-state index contributed by atoms with van der Waals surface area (Å²) in [5, 5.41) is 14.7. The minimum Gasteiger partial charge on any atom is -0.493 e. The molecule has 1 heterocycles. The van der Waals surface area contributed by atoms with Gasteiger partial charge < -0.3 is 5.11 Å². The minimum atomic E-state index is 0.147. The summed E-state index contributed by atoms with van der Waals surface area (Å²) in [4.78, 5) is 0. The molecular formula is C18H18N2O. The highest BCUT2D eigenvalue weighted by Gasteiger charge is 2.10. The number of aryl methyl sites for hydroxylation is 3. The van der Waals surface area contributed by atoms with Crippen LogP contribution in [0.15, 0.2) is 48.5 Å². The quantitative estimate of drug-likeness (QED) is 0.764. The SMILES string of the molecule is Cc1ccc(-c2cc(O)n(-c3ccc(C)c(C)c3)n2)cc1. The number of aromatic nitrogens is 2. The Labute approximate surface area is 124 Å². The lowest BCUT2D eigenvalue weighted by molar-refractivity contribution is 0.433. The first-order valence-corrected chi connectivity index (χ1v) is 6.98. The largest absolute Gasteiger partial charge is 0.493 e. The van der Waals surface area contributed by atoms with Gasteiger partial charge in [-0.15, -0.1) is 0 Å². The van der Waals surface area contributed by atoms with Gasteiger partial charge in [0.2, 0.25) is 5.88 Å². The summed E-state index contributed by atoms with van der Waals surface area (Å²) in [6.07, 6.45) is 0. The standard InChI is InChI=1S/C18H18N2O/c1-12-4-7-15(8-5-12)17-11-18(21)20(19-17)16-9-6-13(2)14(3)10-16/h4-11,21H,1-3H3. The maximum absolute atomic E-state index is 10.2. The van der Waals surface area contributed by atoms with Crippen molar-refractivity contribution in [2.75, 3.05) is 0 Å². The topological polar surface area (TPSA) is 38.0 Å². The molecule has 106 valence electrons. The van der Waals surface area contributed by atoms with Gasteiger partial charge in [0.15, 0.2) is 0 Å². The van der Waals surface area contributed by atoms with Gasteiger partial charge >= 0.3 is 0 Å². The summed E-state index contributed by atoms with van der Waals surface area (Å²) in [7, 11) is 0. The molecule has 3 nitrogen and oxygen atoms in total. The number of hydrogen-bond acceptors (Lipinski definition) is 2. The van der Waals surface area contributed by atoms with Crippen LogP contribution < -0.4 is 0 Å². The Bertz CT molecular complexity index is 785. The Morgan fingerprint density at radius 1 is 0.857 bits per heavy atom. The van der Waals surface area contributed by atoms with Crippen LogP contribution in [0.3, 0.4) is 0 Å². The summed E-state index contributed by atoms with van der Waals surface area (Å²) < 4.78 is 1.57.